The fourth-order valence-electron chi connectivity index (χ4n) is 12.9. The first kappa shape index (κ1) is 45.0. The van der Waals surface area contributed by atoms with Crippen LogP contribution in [0.3, 0.4) is 0 Å². The van der Waals surface area contributed by atoms with E-state index in [-0.39, 0.29) is 5.41 Å². The molecule has 1 aliphatic rings. The first-order valence-electron chi connectivity index (χ1n) is 27.2. The largest absolute Gasteiger partial charge is 0.309 e. The van der Waals surface area contributed by atoms with Crippen molar-refractivity contribution in [3.05, 3.63) is 272 Å². The summed E-state index contributed by atoms with van der Waals surface area (Å²) in [5.41, 5.74) is 19.6. The van der Waals surface area contributed by atoms with Gasteiger partial charge in [0.2, 0.25) is 0 Å². The van der Waals surface area contributed by atoms with Crippen LogP contribution in [0, 0.1) is 0 Å². The zero-order valence-corrected chi connectivity index (χ0v) is 43.6. The Kier molecular flexibility index (Phi) is 9.91. The summed E-state index contributed by atoms with van der Waals surface area (Å²) in [7, 11) is 0. The topological polar surface area (TPSA) is 48.5 Å². The highest BCUT2D eigenvalue weighted by molar-refractivity contribution is 6.16. The number of hydrogen-bond donors (Lipinski definition) is 0. The molecule has 5 heteroatoms. The monoisotopic (exact) mass is 1010 g/mol. The number of rotatable bonds is 7. The zero-order valence-electron chi connectivity index (χ0n) is 43.6. The van der Waals surface area contributed by atoms with Crippen molar-refractivity contribution in [2.75, 3.05) is 0 Å². The molecule has 5 nitrogen and oxygen atoms in total. The van der Waals surface area contributed by atoms with Gasteiger partial charge in [0.25, 0.3) is 0 Å². The average Bonchev–Trinajstić information content (AvgIpc) is 4.33. The van der Waals surface area contributed by atoms with E-state index in [2.05, 4.69) is 247 Å². The molecule has 0 N–H and O–H groups in total. The predicted octanol–water partition coefficient (Wildman–Crippen LogP) is 19.0. The molecule has 0 radical (unpaired) electrons. The van der Waals surface area contributed by atoms with Gasteiger partial charge in [-0.1, -0.05) is 208 Å². The van der Waals surface area contributed by atoms with Gasteiger partial charge < -0.3 is 9.13 Å². The van der Waals surface area contributed by atoms with Crippen LogP contribution in [-0.4, -0.2) is 24.1 Å². The van der Waals surface area contributed by atoms with Crippen molar-refractivity contribution in [3.8, 4) is 78.9 Å². The Morgan fingerprint density at radius 2 is 0.823 bits per heavy atom. The maximum Gasteiger partial charge on any atom is 0.164 e. The van der Waals surface area contributed by atoms with Crippen LogP contribution < -0.4 is 0 Å². The van der Waals surface area contributed by atoms with Gasteiger partial charge in [0.1, 0.15) is 0 Å². The van der Waals surface area contributed by atoms with E-state index in [1.807, 2.05) is 36.4 Å². The molecular weight excluding hydrogens is 959 g/mol. The van der Waals surface area contributed by atoms with Crippen LogP contribution in [0.4, 0.5) is 0 Å². The van der Waals surface area contributed by atoms with Crippen LogP contribution in [-0.2, 0) is 5.41 Å². The molecule has 0 spiro atoms. The molecule has 79 heavy (non-hydrogen) atoms. The number of nitrogens with zero attached hydrogens (tertiary/aromatic N) is 5. The fraction of sp³-hybridized carbons (Fsp3) is 0.0405. The van der Waals surface area contributed by atoms with Gasteiger partial charge in [0.05, 0.1) is 27.8 Å². The summed E-state index contributed by atoms with van der Waals surface area (Å²) in [5, 5.41) is 9.59. The maximum absolute atomic E-state index is 5.21. The molecule has 3 heterocycles. The van der Waals surface area contributed by atoms with Gasteiger partial charge in [0.15, 0.2) is 17.5 Å². The number of hydrogen-bond acceptors (Lipinski definition) is 3. The van der Waals surface area contributed by atoms with Crippen LogP contribution in [0.5, 0.6) is 0 Å². The second-order valence-corrected chi connectivity index (χ2v) is 21.5. The van der Waals surface area contributed by atoms with Crippen LogP contribution in [0.2, 0.25) is 0 Å². The lowest BCUT2D eigenvalue weighted by atomic mass is 9.82. The average molecular weight is 1010 g/mol. The smallest absolute Gasteiger partial charge is 0.164 e. The molecule has 0 fully saturated rings. The molecule has 370 valence electrons. The van der Waals surface area contributed by atoms with Crippen molar-refractivity contribution in [3.63, 3.8) is 0 Å². The maximum atomic E-state index is 5.21. The second-order valence-electron chi connectivity index (χ2n) is 21.5. The highest BCUT2D eigenvalue weighted by Gasteiger charge is 2.37. The Morgan fingerprint density at radius 1 is 0.291 bits per heavy atom. The Labute approximate surface area is 457 Å². The van der Waals surface area contributed by atoms with Crippen molar-refractivity contribution in [1.82, 2.24) is 24.1 Å². The van der Waals surface area contributed by atoms with Gasteiger partial charge in [0, 0.05) is 54.7 Å². The molecule has 12 aromatic carbocycles. The first-order valence-corrected chi connectivity index (χ1v) is 27.2. The Balaban J connectivity index is 0.915. The minimum absolute atomic E-state index is 0.232. The van der Waals surface area contributed by atoms with E-state index in [9.17, 15) is 0 Å². The van der Waals surface area contributed by atoms with Crippen LogP contribution in [0.1, 0.15) is 25.0 Å². The van der Waals surface area contributed by atoms with Gasteiger partial charge in [-0.3, -0.25) is 0 Å². The predicted molar refractivity (Wildman–Crippen MR) is 328 cm³/mol. The van der Waals surface area contributed by atoms with Gasteiger partial charge in [-0.2, -0.15) is 0 Å². The quantitative estimate of drug-likeness (QED) is 0.160. The summed E-state index contributed by atoms with van der Waals surface area (Å²) < 4.78 is 4.93. The van der Waals surface area contributed by atoms with Crippen LogP contribution in [0.25, 0.3) is 144 Å². The molecule has 0 unspecified atom stereocenters. The molecule has 0 amide bonds. The summed E-state index contributed by atoms with van der Waals surface area (Å²) in [6.45, 7) is 4.78. The van der Waals surface area contributed by atoms with Crippen LogP contribution in [0.15, 0.2) is 261 Å². The summed E-state index contributed by atoms with van der Waals surface area (Å²) in [4.78, 5) is 15.5. The van der Waals surface area contributed by atoms with E-state index in [0.29, 0.717) is 17.5 Å². The van der Waals surface area contributed by atoms with Gasteiger partial charge in [-0.05, 0) is 127 Å². The Bertz CT molecular complexity index is 4910. The standard InChI is InChI=1S/C74H49N5/c1-74(2)63-37-33-47-21-12-13-28-54(47)70(63)62-44-61-60-43-52(51-34-38-67-59(42-51)57-31-16-17-32-65(57)78(67)53-27-18-26-50(41-53)46-19-6-3-7-20-46)35-39-68(60)79(69(61)45-64(62)74)66-40-36-58(55-29-14-15-30-56(55)66)73-76-71(48-22-8-4-9-23-48)75-72(77-73)49-24-10-5-11-25-49/h3-45H,1-2H3. The van der Waals surface area contributed by atoms with Crippen molar-refractivity contribution in [2.24, 2.45) is 0 Å². The van der Waals surface area contributed by atoms with E-state index in [0.717, 1.165) is 44.4 Å². The summed E-state index contributed by atoms with van der Waals surface area (Å²) in [6, 6.07) is 94.7. The van der Waals surface area contributed by atoms with Gasteiger partial charge >= 0.3 is 0 Å². The minimum Gasteiger partial charge on any atom is -0.309 e. The van der Waals surface area contributed by atoms with E-state index < -0.39 is 0 Å². The van der Waals surface area contributed by atoms with Crippen molar-refractivity contribution in [2.45, 2.75) is 19.3 Å². The molecule has 1 aliphatic carbocycles. The third-order valence-electron chi connectivity index (χ3n) is 16.7. The molecule has 15 aromatic rings. The third-order valence-corrected chi connectivity index (χ3v) is 16.7. The molecule has 0 bridgehead atoms. The molecule has 0 atom stereocenters. The Hall–Kier alpha value is -10.2. The molecule has 3 aromatic heterocycles. The second kappa shape index (κ2) is 17.4. The van der Waals surface area contributed by atoms with Crippen LogP contribution >= 0.6 is 0 Å². The van der Waals surface area contributed by atoms with E-state index in [1.165, 1.54) is 93.4 Å². The summed E-state index contributed by atoms with van der Waals surface area (Å²) in [5.74, 6) is 1.91. The van der Waals surface area contributed by atoms with Crippen molar-refractivity contribution in [1.29, 1.82) is 0 Å². The zero-order chi connectivity index (χ0) is 52.3. The molecular formula is C74H49N5. The van der Waals surface area contributed by atoms with Crippen molar-refractivity contribution < 1.29 is 0 Å². The van der Waals surface area contributed by atoms with Gasteiger partial charge in [-0.15, -0.1) is 0 Å². The number of fused-ring (bicyclic) bond motifs is 12. The first-order chi connectivity index (χ1) is 38.9. The lowest BCUT2D eigenvalue weighted by molar-refractivity contribution is 0.661. The minimum atomic E-state index is -0.232. The lowest BCUT2D eigenvalue weighted by Gasteiger charge is -2.22. The highest BCUT2D eigenvalue weighted by Crippen LogP contribution is 2.54. The lowest BCUT2D eigenvalue weighted by Crippen LogP contribution is -2.15. The SMILES string of the molecule is CC1(C)c2cc3c(cc2-c2c1ccc1ccccc21)c1cc(-c2ccc4c(c2)c2ccccc2n4-c2cccc(-c4ccccc4)c2)ccc1n3-c1ccc(-c2nc(-c3ccccc3)nc(-c3ccccc3)n2)c2ccccc12. The van der Waals surface area contributed by atoms with E-state index >= 15 is 0 Å². The summed E-state index contributed by atoms with van der Waals surface area (Å²) >= 11 is 0. The Morgan fingerprint density at radius 3 is 1.53 bits per heavy atom. The normalized spacial score (nSPS) is 12.8. The van der Waals surface area contributed by atoms with E-state index in [1.54, 1.807) is 0 Å². The molecule has 0 saturated carbocycles. The molecule has 16 rings (SSSR count). The fourth-order valence-corrected chi connectivity index (χ4v) is 12.9. The molecule has 0 saturated heterocycles. The number of para-hydroxylation sites is 1. The number of benzene rings is 12. The summed E-state index contributed by atoms with van der Waals surface area (Å²) in [6.07, 6.45) is 0. The van der Waals surface area contributed by atoms with Crippen molar-refractivity contribution >= 4 is 65.2 Å². The molecule has 0 aliphatic heterocycles. The third kappa shape index (κ3) is 6.99. The van der Waals surface area contributed by atoms with Gasteiger partial charge in [-0.25, -0.2) is 15.0 Å². The number of aromatic nitrogens is 5. The highest BCUT2D eigenvalue weighted by atomic mass is 15.0. The van der Waals surface area contributed by atoms with E-state index in [4.69, 9.17) is 15.0 Å².